The molecule has 1 atom stereocenters. The standard InChI is InChI=1S/C6H14N2O2.3CH3NS2.La/c7-4-2-1-3-5(8)6(9)10;3*2-1(3)4;/h5H,1-4,7-8H2,(H,9,10);3*(H3,2,3,4);/q;;;;+3/p-3. The van der Waals surface area contributed by atoms with Gasteiger partial charge in [-0.2, -0.15) is 0 Å². The molecule has 0 rings (SSSR count). The largest absolute Gasteiger partial charge is 3.00 e. The summed E-state index contributed by atoms with van der Waals surface area (Å²) >= 11 is 24.8. The molecule has 0 saturated carbocycles. The Morgan fingerprint density at radius 2 is 1.22 bits per heavy atom. The molecule has 0 aromatic heterocycles. The molecule has 0 spiro atoms. The predicted molar refractivity (Wildman–Crippen MR) is 111 cm³/mol. The van der Waals surface area contributed by atoms with Crippen molar-refractivity contribution < 1.29 is 45.5 Å². The van der Waals surface area contributed by atoms with Crippen LogP contribution < -0.4 is 28.7 Å². The van der Waals surface area contributed by atoms with E-state index in [4.69, 9.17) is 16.6 Å². The zero-order chi connectivity index (χ0) is 18.7. The first kappa shape index (κ1) is 35.1. The van der Waals surface area contributed by atoms with Gasteiger partial charge in [-0.1, -0.05) is 19.4 Å². The molecule has 0 saturated heterocycles. The molecule has 0 radical (unpaired) electrons. The number of rotatable bonds is 5. The van der Waals surface area contributed by atoms with Crippen molar-refractivity contribution in [3.8, 4) is 0 Å². The number of nitrogens with two attached hydrogens (primary N) is 5. The van der Waals surface area contributed by atoms with E-state index in [-0.39, 0.29) is 48.6 Å². The van der Waals surface area contributed by atoms with E-state index in [1.54, 1.807) is 0 Å². The summed E-state index contributed by atoms with van der Waals surface area (Å²) in [7, 11) is 0. The van der Waals surface area contributed by atoms with Gasteiger partial charge in [0.2, 0.25) is 0 Å². The van der Waals surface area contributed by atoms with Crippen molar-refractivity contribution in [1.82, 2.24) is 0 Å². The number of carboxylic acids is 1. The molecule has 0 aromatic carbocycles. The van der Waals surface area contributed by atoms with Crippen LogP contribution in [0.4, 0.5) is 0 Å². The van der Waals surface area contributed by atoms with Gasteiger partial charge < -0.3 is 108 Å². The third-order valence-corrected chi connectivity index (χ3v) is 1.29. The fraction of sp³-hybridized carbons (Fsp3) is 0.556. The maximum Gasteiger partial charge on any atom is 3.00 e. The van der Waals surface area contributed by atoms with E-state index in [1.165, 1.54) is 0 Å². The number of aliphatic carboxylic acids is 1. The van der Waals surface area contributed by atoms with Crippen LogP contribution in [0.25, 0.3) is 0 Å². The minimum absolute atomic E-state index is 0. The first-order chi connectivity index (χ1) is 9.88. The summed E-state index contributed by atoms with van der Waals surface area (Å²) < 4.78 is 0.250. The second-order valence-corrected chi connectivity index (χ2v) is 6.60. The Kier molecular flexibility index (Phi) is 42.3. The summed E-state index contributed by atoms with van der Waals surface area (Å²) in [5, 5.41) is 8.33. The Labute approximate surface area is 197 Å². The number of hydrogen-bond acceptors (Lipinski definition) is 9. The summed E-state index contributed by atoms with van der Waals surface area (Å²) in [6, 6.07) is -0.716. The maximum atomic E-state index is 10.1. The van der Waals surface area contributed by atoms with Crippen molar-refractivity contribution in [2.24, 2.45) is 28.7 Å². The Morgan fingerprint density at radius 3 is 1.39 bits per heavy atom. The van der Waals surface area contributed by atoms with Crippen molar-refractivity contribution in [3.05, 3.63) is 0 Å². The van der Waals surface area contributed by atoms with Crippen LogP contribution in [0.5, 0.6) is 0 Å². The van der Waals surface area contributed by atoms with Gasteiger partial charge in [-0.15, -0.1) is 0 Å². The topological polar surface area (TPSA) is 167 Å². The smallest absolute Gasteiger partial charge is 0.480 e. The van der Waals surface area contributed by atoms with Crippen LogP contribution >= 0.6 is 36.7 Å². The Hall–Kier alpha value is 0.915. The fourth-order valence-electron chi connectivity index (χ4n) is 0.632. The van der Waals surface area contributed by atoms with Crippen LogP contribution in [0.3, 0.4) is 0 Å². The van der Waals surface area contributed by atoms with Gasteiger partial charge in [0, 0.05) is 0 Å². The van der Waals surface area contributed by atoms with Gasteiger partial charge in [0.1, 0.15) is 6.04 Å². The summed E-state index contributed by atoms with van der Waals surface area (Å²) in [6.07, 6.45) is 2.16. The first-order valence-electron chi connectivity index (χ1n) is 5.46. The molecule has 0 bridgehead atoms. The molecule has 14 heteroatoms. The summed E-state index contributed by atoms with van der Waals surface area (Å²) in [4.78, 5) is 10.1. The van der Waals surface area contributed by atoms with E-state index in [2.05, 4.69) is 91.7 Å². The average Bonchev–Trinajstić information content (AvgIpc) is 2.26. The fourth-order valence-corrected chi connectivity index (χ4v) is 0.632. The summed E-state index contributed by atoms with van der Waals surface area (Å²) in [6.45, 7) is 0.604. The second kappa shape index (κ2) is 27.7. The molecule has 7 nitrogen and oxygen atoms in total. The van der Waals surface area contributed by atoms with Crippen LogP contribution in [0, 0.1) is 35.6 Å². The molecule has 23 heavy (non-hydrogen) atoms. The van der Waals surface area contributed by atoms with Gasteiger partial charge in [-0.05, 0) is 19.4 Å². The van der Waals surface area contributed by atoms with Crippen molar-refractivity contribution in [2.45, 2.75) is 25.3 Å². The molecular formula is C9H20LaN5O2S6. The van der Waals surface area contributed by atoms with E-state index in [0.717, 1.165) is 12.8 Å². The van der Waals surface area contributed by atoms with E-state index >= 15 is 0 Å². The zero-order valence-electron chi connectivity index (χ0n) is 12.2. The van der Waals surface area contributed by atoms with Crippen molar-refractivity contribution in [1.29, 1.82) is 0 Å². The van der Waals surface area contributed by atoms with Gasteiger partial charge in [0.15, 0.2) is 0 Å². The van der Waals surface area contributed by atoms with Crippen LogP contribution in [0.1, 0.15) is 19.3 Å². The third-order valence-electron chi connectivity index (χ3n) is 1.29. The van der Waals surface area contributed by atoms with E-state index in [0.29, 0.717) is 13.0 Å². The number of thiocarbonyl (C=S) groups is 3. The minimum Gasteiger partial charge on any atom is -0.480 e. The third kappa shape index (κ3) is 102. The van der Waals surface area contributed by atoms with Gasteiger partial charge in [0.25, 0.3) is 0 Å². The van der Waals surface area contributed by atoms with Crippen LogP contribution in [-0.2, 0) is 42.7 Å². The number of carbonyl (C=O) groups is 1. The molecule has 1 unspecified atom stereocenters. The Morgan fingerprint density at radius 1 is 0.957 bits per heavy atom. The van der Waals surface area contributed by atoms with Crippen molar-refractivity contribution in [2.75, 3.05) is 6.54 Å². The molecular weight excluding hydrogens is 541 g/mol. The van der Waals surface area contributed by atoms with Gasteiger partial charge >= 0.3 is 41.6 Å². The average molecular weight is 562 g/mol. The molecule has 0 heterocycles. The Bertz CT molecular complexity index is 297. The Balaban J connectivity index is -0.0000000700. The van der Waals surface area contributed by atoms with Gasteiger partial charge in [0.05, 0.1) is 0 Å². The summed E-state index contributed by atoms with van der Waals surface area (Å²) in [5.41, 5.74) is 24.4. The van der Waals surface area contributed by atoms with Gasteiger partial charge in [-0.25, -0.2) is 0 Å². The summed E-state index contributed by atoms with van der Waals surface area (Å²) in [5.74, 6) is -0.933. The van der Waals surface area contributed by atoms with E-state index in [9.17, 15) is 4.79 Å². The molecule has 0 aliphatic heterocycles. The molecule has 0 aliphatic carbocycles. The quantitative estimate of drug-likeness (QED) is 0.136. The molecule has 11 N–H and O–H groups in total. The zero-order valence-corrected chi connectivity index (χ0v) is 20.7. The van der Waals surface area contributed by atoms with Crippen LogP contribution in [-0.4, -0.2) is 36.6 Å². The van der Waals surface area contributed by atoms with Crippen LogP contribution in [0.15, 0.2) is 0 Å². The predicted octanol–water partition coefficient (Wildman–Crippen LogP) is -1.14. The molecule has 0 aromatic rings. The van der Waals surface area contributed by atoms with Gasteiger partial charge in [-0.3, -0.25) is 4.79 Å². The molecule has 0 fully saturated rings. The normalized spacial score (nSPS) is 8.78. The van der Waals surface area contributed by atoms with Crippen molar-refractivity contribution in [3.63, 3.8) is 0 Å². The minimum atomic E-state index is -0.933. The molecule has 0 amide bonds. The molecule has 0 aliphatic rings. The van der Waals surface area contributed by atoms with E-state index < -0.39 is 12.0 Å². The first-order valence-corrected chi connectivity index (χ1v) is 7.91. The maximum absolute atomic E-state index is 10.1. The number of carboxylic acid groups (broad SMARTS) is 1. The van der Waals surface area contributed by atoms with E-state index in [1.807, 2.05) is 0 Å². The monoisotopic (exact) mass is 561 g/mol. The van der Waals surface area contributed by atoms with Crippen molar-refractivity contribution >= 4 is 93.5 Å². The number of hydrogen-bond donors (Lipinski definition) is 6. The second-order valence-electron chi connectivity index (χ2n) is 3.19. The number of unbranched alkanes of at least 4 members (excludes halogenated alkanes) is 1. The van der Waals surface area contributed by atoms with Crippen LogP contribution in [0.2, 0.25) is 0 Å². The molecule has 132 valence electrons. The SMILES string of the molecule is NC(=S)[S-].NC(=S)[S-].NC(=S)[S-].NCCCCC(N)C(=O)O.[La+3].